The number of hydrogen-bond acceptors (Lipinski definition) is 1. The monoisotopic (exact) mass is 389 g/mol. The molecule has 0 radical (unpaired) electrons. The molecule has 0 spiro atoms. The quantitative estimate of drug-likeness (QED) is 0.459. The Bertz CT molecular complexity index is 390. The number of halogens is 1. The van der Waals surface area contributed by atoms with Gasteiger partial charge in [-0.3, -0.25) is 4.99 Å². The van der Waals surface area contributed by atoms with Crippen molar-refractivity contribution in [2.24, 2.45) is 10.9 Å². The molecule has 0 aliphatic carbocycles. The number of guanidine groups is 1. The van der Waals surface area contributed by atoms with Crippen molar-refractivity contribution in [2.75, 3.05) is 13.6 Å². The highest BCUT2D eigenvalue weighted by Crippen LogP contribution is 2.12. The summed E-state index contributed by atoms with van der Waals surface area (Å²) in [5.41, 5.74) is 1.35. The highest BCUT2D eigenvalue weighted by Gasteiger charge is 2.10. The Hall–Kier alpha value is -0.780. The van der Waals surface area contributed by atoms with Crippen molar-refractivity contribution in [2.45, 2.75) is 39.7 Å². The zero-order valence-corrected chi connectivity index (χ0v) is 15.5. The van der Waals surface area contributed by atoms with E-state index in [9.17, 15) is 0 Å². The molecule has 4 heteroatoms. The molecule has 3 nitrogen and oxygen atoms in total. The van der Waals surface area contributed by atoms with E-state index >= 15 is 0 Å². The van der Waals surface area contributed by atoms with Gasteiger partial charge in [-0.2, -0.15) is 0 Å². The number of aliphatic imine (C=N–C) groups is 1. The van der Waals surface area contributed by atoms with E-state index < -0.39 is 0 Å². The van der Waals surface area contributed by atoms with Crippen molar-refractivity contribution in [1.29, 1.82) is 0 Å². The fraction of sp³-hybridized carbons (Fsp3) is 0.562. The molecular weight excluding hydrogens is 361 g/mol. The van der Waals surface area contributed by atoms with Crippen molar-refractivity contribution < 1.29 is 0 Å². The molecule has 0 aliphatic heterocycles. The first-order valence-electron chi connectivity index (χ1n) is 7.06. The zero-order chi connectivity index (χ0) is 14.3. The summed E-state index contributed by atoms with van der Waals surface area (Å²) >= 11 is 0. The van der Waals surface area contributed by atoms with E-state index in [0.29, 0.717) is 17.9 Å². The van der Waals surface area contributed by atoms with Gasteiger partial charge < -0.3 is 10.6 Å². The predicted molar refractivity (Wildman–Crippen MR) is 99.1 cm³/mol. The summed E-state index contributed by atoms with van der Waals surface area (Å²) in [6.45, 7) is 9.70. The second kappa shape index (κ2) is 10.0. The third kappa shape index (κ3) is 6.59. The Balaban J connectivity index is 0.00000361. The highest BCUT2D eigenvalue weighted by atomic mass is 127. The van der Waals surface area contributed by atoms with Crippen molar-refractivity contribution in [3.05, 3.63) is 35.9 Å². The minimum atomic E-state index is 0. The van der Waals surface area contributed by atoms with Crippen LogP contribution >= 0.6 is 24.0 Å². The molecule has 1 aromatic rings. The van der Waals surface area contributed by atoms with E-state index in [4.69, 9.17) is 0 Å². The Morgan fingerprint density at radius 3 is 2.20 bits per heavy atom. The average Bonchev–Trinajstić information content (AvgIpc) is 2.43. The fourth-order valence-electron chi connectivity index (χ4n) is 1.73. The average molecular weight is 389 g/mol. The van der Waals surface area contributed by atoms with Crippen LogP contribution in [0.1, 0.15) is 39.2 Å². The van der Waals surface area contributed by atoms with E-state index in [-0.39, 0.29) is 24.0 Å². The molecule has 2 unspecified atom stereocenters. The third-order valence-corrected chi connectivity index (χ3v) is 3.53. The van der Waals surface area contributed by atoms with E-state index in [1.165, 1.54) is 5.56 Å². The second-order valence-corrected chi connectivity index (χ2v) is 5.44. The summed E-state index contributed by atoms with van der Waals surface area (Å²) in [7, 11) is 1.82. The smallest absolute Gasteiger partial charge is 0.191 e. The Labute approximate surface area is 140 Å². The molecular formula is C16H28IN3. The van der Waals surface area contributed by atoms with E-state index in [0.717, 1.165) is 12.5 Å². The van der Waals surface area contributed by atoms with Crippen LogP contribution in [0.15, 0.2) is 35.3 Å². The van der Waals surface area contributed by atoms with E-state index in [1.807, 2.05) is 7.05 Å². The normalized spacial score (nSPS) is 14.4. The second-order valence-electron chi connectivity index (χ2n) is 5.44. The molecule has 0 saturated heterocycles. The van der Waals surface area contributed by atoms with Gasteiger partial charge in [0.15, 0.2) is 5.96 Å². The molecule has 0 fully saturated rings. The molecule has 2 N–H and O–H groups in total. The van der Waals surface area contributed by atoms with Gasteiger partial charge in [0.2, 0.25) is 0 Å². The molecule has 0 heterocycles. The molecule has 0 amide bonds. The van der Waals surface area contributed by atoms with E-state index in [1.54, 1.807) is 0 Å². The number of nitrogens with zero attached hydrogens (tertiary/aromatic N) is 1. The maximum atomic E-state index is 4.27. The van der Waals surface area contributed by atoms with Crippen LogP contribution in [0, 0.1) is 5.92 Å². The van der Waals surface area contributed by atoms with Gasteiger partial charge >= 0.3 is 0 Å². The number of benzene rings is 1. The fourth-order valence-corrected chi connectivity index (χ4v) is 1.73. The van der Waals surface area contributed by atoms with Gasteiger partial charge in [0.05, 0.1) is 0 Å². The molecule has 0 aliphatic rings. The standard InChI is InChI=1S/C16H27N3.HI/c1-12(2)14(4)19-16(17-5)18-11-13(3)15-9-7-6-8-10-15;/h6-10,12-14H,11H2,1-5H3,(H2,17,18,19);1H. The van der Waals surface area contributed by atoms with Gasteiger partial charge in [-0.25, -0.2) is 0 Å². The van der Waals surface area contributed by atoms with Gasteiger partial charge in [0.1, 0.15) is 0 Å². The summed E-state index contributed by atoms with van der Waals surface area (Å²) in [5.74, 6) is 1.93. The van der Waals surface area contributed by atoms with Crippen LogP contribution in [0.3, 0.4) is 0 Å². The Morgan fingerprint density at radius 2 is 1.70 bits per heavy atom. The van der Waals surface area contributed by atoms with Crippen LogP contribution < -0.4 is 10.6 Å². The van der Waals surface area contributed by atoms with Crippen LogP contribution in [0.5, 0.6) is 0 Å². The number of nitrogens with one attached hydrogen (secondary N) is 2. The highest BCUT2D eigenvalue weighted by molar-refractivity contribution is 14.0. The lowest BCUT2D eigenvalue weighted by atomic mass is 10.0. The number of hydrogen-bond donors (Lipinski definition) is 2. The van der Waals surface area contributed by atoms with Gasteiger partial charge in [0, 0.05) is 19.6 Å². The van der Waals surface area contributed by atoms with Crippen LogP contribution in [-0.4, -0.2) is 25.6 Å². The molecule has 0 bridgehead atoms. The minimum Gasteiger partial charge on any atom is -0.356 e. The molecule has 0 saturated carbocycles. The Kier molecular flexibility index (Phi) is 9.63. The lowest BCUT2D eigenvalue weighted by Gasteiger charge is -2.22. The maximum absolute atomic E-state index is 4.27. The van der Waals surface area contributed by atoms with Crippen molar-refractivity contribution >= 4 is 29.9 Å². The molecule has 2 atom stereocenters. The van der Waals surface area contributed by atoms with Crippen molar-refractivity contribution in [3.63, 3.8) is 0 Å². The minimum absolute atomic E-state index is 0. The molecule has 1 rings (SSSR count). The summed E-state index contributed by atoms with van der Waals surface area (Å²) in [6.07, 6.45) is 0. The topological polar surface area (TPSA) is 36.4 Å². The lowest BCUT2D eigenvalue weighted by Crippen LogP contribution is -2.45. The van der Waals surface area contributed by atoms with Crippen LogP contribution in [0.2, 0.25) is 0 Å². The van der Waals surface area contributed by atoms with E-state index in [2.05, 4.69) is 73.7 Å². The molecule has 1 aromatic carbocycles. The molecule has 114 valence electrons. The summed E-state index contributed by atoms with van der Waals surface area (Å²) < 4.78 is 0. The first-order chi connectivity index (χ1) is 9.04. The first-order valence-corrected chi connectivity index (χ1v) is 7.06. The maximum Gasteiger partial charge on any atom is 0.191 e. The Morgan fingerprint density at radius 1 is 1.10 bits per heavy atom. The molecule has 20 heavy (non-hydrogen) atoms. The van der Waals surface area contributed by atoms with Gasteiger partial charge in [0.25, 0.3) is 0 Å². The largest absolute Gasteiger partial charge is 0.356 e. The lowest BCUT2D eigenvalue weighted by molar-refractivity contribution is 0.480. The van der Waals surface area contributed by atoms with Crippen LogP contribution in [0.25, 0.3) is 0 Å². The van der Waals surface area contributed by atoms with Crippen LogP contribution in [-0.2, 0) is 0 Å². The van der Waals surface area contributed by atoms with Crippen molar-refractivity contribution in [1.82, 2.24) is 10.6 Å². The summed E-state index contributed by atoms with van der Waals surface area (Å²) in [5, 5.41) is 6.80. The predicted octanol–water partition coefficient (Wildman–Crippen LogP) is 3.62. The third-order valence-electron chi connectivity index (χ3n) is 3.53. The molecule has 0 aromatic heterocycles. The van der Waals surface area contributed by atoms with Gasteiger partial charge in [-0.1, -0.05) is 51.1 Å². The first kappa shape index (κ1) is 19.2. The SMILES string of the molecule is CN=C(NCC(C)c1ccccc1)NC(C)C(C)C.I. The van der Waals surface area contributed by atoms with Crippen LogP contribution in [0.4, 0.5) is 0 Å². The van der Waals surface area contributed by atoms with Gasteiger partial charge in [-0.15, -0.1) is 24.0 Å². The van der Waals surface area contributed by atoms with Gasteiger partial charge in [-0.05, 0) is 24.3 Å². The number of rotatable bonds is 5. The summed E-state index contributed by atoms with van der Waals surface area (Å²) in [6, 6.07) is 11.0. The zero-order valence-electron chi connectivity index (χ0n) is 13.2. The summed E-state index contributed by atoms with van der Waals surface area (Å²) in [4.78, 5) is 4.27. The van der Waals surface area contributed by atoms with Crippen molar-refractivity contribution in [3.8, 4) is 0 Å².